The molecule has 5 rings (SSSR count). The number of fused-ring (bicyclic) bond motifs is 2. The van der Waals surface area contributed by atoms with E-state index in [-0.39, 0.29) is 11.7 Å². The molecule has 0 atom stereocenters. The molecule has 3 heterocycles. The zero-order chi connectivity index (χ0) is 20.5. The van der Waals surface area contributed by atoms with Crippen LogP contribution in [0.5, 0.6) is 0 Å². The molecule has 0 aliphatic carbocycles. The molecule has 0 fully saturated rings. The topological polar surface area (TPSA) is 51.0 Å². The molecule has 5 nitrogen and oxygen atoms in total. The van der Waals surface area contributed by atoms with E-state index in [2.05, 4.69) is 33.8 Å². The molecule has 0 saturated carbocycles. The molecule has 0 unspecified atom stereocenters. The Morgan fingerprint density at radius 1 is 0.967 bits per heavy atom. The third-order valence-electron chi connectivity index (χ3n) is 4.84. The number of hydrogen-bond donors (Lipinski definition) is 0. The number of rotatable bonds is 5. The van der Waals surface area contributed by atoms with Crippen molar-refractivity contribution in [1.29, 1.82) is 0 Å². The summed E-state index contributed by atoms with van der Waals surface area (Å²) in [6.07, 6.45) is 0.750. The highest BCUT2D eigenvalue weighted by molar-refractivity contribution is 8.00. The molecule has 0 spiro atoms. The first-order chi connectivity index (χ1) is 14.7. The predicted octanol–water partition coefficient (Wildman–Crippen LogP) is 5.39. The van der Waals surface area contributed by atoms with Crippen LogP contribution in [0.3, 0.4) is 0 Å². The van der Waals surface area contributed by atoms with Gasteiger partial charge in [0.2, 0.25) is 5.91 Å². The van der Waals surface area contributed by atoms with Crippen LogP contribution >= 0.6 is 34.9 Å². The van der Waals surface area contributed by atoms with Crippen LogP contribution in [0, 0.1) is 0 Å². The minimum absolute atomic E-state index is 0.0306. The number of benzene rings is 2. The van der Waals surface area contributed by atoms with Gasteiger partial charge < -0.3 is 4.57 Å². The maximum Gasteiger partial charge on any atom is 0.242 e. The molecule has 4 aromatic rings. The van der Waals surface area contributed by atoms with Crippen LogP contribution in [0.1, 0.15) is 10.7 Å². The van der Waals surface area contributed by atoms with Crippen molar-refractivity contribution >= 4 is 52.1 Å². The molecule has 0 N–H and O–H groups in total. The minimum Gasteiger partial charge on any atom is -0.309 e. The van der Waals surface area contributed by atoms with E-state index in [9.17, 15) is 4.79 Å². The lowest BCUT2D eigenvalue weighted by molar-refractivity contribution is -0.115. The molecule has 2 aromatic carbocycles. The Morgan fingerprint density at radius 3 is 2.33 bits per heavy atom. The molecule has 8 heteroatoms. The number of carbonyl (C=O) groups excluding carboxylic acids is 1. The standard InChI is InChI=1S/C22H18N4OS3/c1-25-20(13-15-7-6-12-28-15)23-24-22(25)29-14-21(27)26-16-8-2-4-10-18(16)30-19-11-5-3-9-17(19)26/h2-12H,13-14H2,1H3. The van der Waals surface area contributed by atoms with Gasteiger partial charge >= 0.3 is 0 Å². The van der Waals surface area contributed by atoms with Crippen LogP contribution in [-0.4, -0.2) is 26.4 Å². The van der Waals surface area contributed by atoms with Crippen LogP contribution < -0.4 is 4.90 Å². The van der Waals surface area contributed by atoms with E-state index in [0.29, 0.717) is 0 Å². The Hall–Kier alpha value is -2.55. The Labute approximate surface area is 187 Å². The highest BCUT2D eigenvalue weighted by Crippen LogP contribution is 2.48. The van der Waals surface area contributed by atoms with E-state index in [1.165, 1.54) is 16.6 Å². The molecule has 0 radical (unpaired) electrons. The zero-order valence-corrected chi connectivity index (χ0v) is 18.6. The molecule has 1 aliphatic heterocycles. The van der Waals surface area contributed by atoms with E-state index in [0.717, 1.165) is 38.6 Å². The summed E-state index contributed by atoms with van der Waals surface area (Å²) in [5.74, 6) is 1.22. The second kappa shape index (κ2) is 8.29. The van der Waals surface area contributed by atoms with Crippen LogP contribution in [0.2, 0.25) is 0 Å². The van der Waals surface area contributed by atoms with Gasteiger partial charge in [-0.2, -0.15) is 0 Å². The van der Waals surface area contributed by atoms with Crippen molar-refractivity contribution < 1.29 is 4.79 Å². The van der Waals surface area contributed by atoms with Gasteiger partial charge in [0.1, 0.15) is 5.82 Å². The van der Waals surface area contributed by atoms with Crippen LogP contribution in [0.4, 0.5) is 11.4 Å². The Morgan fingerprint density at radius 2 is 1.67 bits per heavy atom. The summed E-state index contributed by atoms with van der Waals surface area (Å²) in [6.45, 7) is 0. The van der Waals surface area contributed by atoms with Crippen LogP contribution in [0.25, 0.3) is 0 Å². The second-order valence-corrected chi connectivity index (χ2v) is 9.83. The molecule has 0 bridgehead atoms. The highest BCUT2D eigenvalue weighted by Gasteiger charge is 2.28. The zero-order valence-electron chi connectivity index (χ0n) is 16.2. The van der Waals surface area contributed by atoms with E-state index in [1.54, 1.807) is 23.1 Å². The monoisotopic (exact) mass is 450 g/mol. The average molecular weight is 451 g/mol. The molecule has 1 aliphatic rings. The van der Waals surface area contributed by atoms with Crippen molar-refractivity contribution in [3.05, 3.63) is 76.7 Å². The summed E-state index contributed by atoms with van der Waals surface area (Å²) < 4.78 is 1.98. The Bertz CT molecular complexity index is 1160. The maximum absolute atomic E-state index is 13.3. The van der Waals surface area contributed by atoms with Crippen LogP contribution in [-0.2, 0) is 18.3 Å². The Balaban J connectivity index is 1.36. The number of anilines is 2. The van der Waals surface area contributed by atoms with Crippen molar-refractivity contribution in [1.82, 2.24) is 14.8 Å². The van der Waals surface area contributed by atoms with E-state index >= 15 is 0 Å². The fourth-order valence-corrected chi connectivity index (χ4v) is 5.90. The average Bonchev–Trinajstić information content (AvgIpc) is 3.41. The van der Waals surface area contributed by atoms with Gasteiger partial charge in [0.05, 0.1) is 17.1 Å². The summed E-state index contributed by atoms with van der Waals surface area (Å²) in [5, 5.41) is 11.4. The van der Waals surface area contributed by atoms with Gasteiger partial charge in [-0.25, -0.2) is 0 Å². The third kappa shape index (κ3) is 3.66. The van der Waals surface area contributed by atoms with Crippen LogP contribution in [0.15, 0.2) is 81.0 Å². The molecule has 2 aromatic heterocycles. The number of thiophene rings is 1. The van der Waals surface area contributed by atoms with Crippen molar-refractivity contribution in [3.8, 4) is 0 Å². The molecular weight excluding hydrogens is 432 g/mol. The number of aromatic nitrogens is 3. The lowest BCUT2D eigenvalue weighted by Crippen LogP contribution is -2.30. The third-order valence-corrected chi connectivity index (χ3v) is 7.86. The van der Waals surface area contributed by atoms with Gasteiger partial charge in [0, 0.05) is 28.1 Å². The van der Waals surface area contributed by atoms with Gasteiger partial charge in [0.15, 0.2) is 5.16 Å². The smallest absolute Gasteiger partial charge is 0.242 e. The normalized spacial score (nSPS) is 12.5. The number of carbonyl (C=O) groups is 1. The fourth-order valence-electron chi connectivity index (χ4n) is 3.36. The first-order valence-electron chi connectivity index (χ1n) is 9.43. The van der Waals surface area contributed by atoms with Gasteiger partial charge in [0.25, 0.3) is 0 Å². The first kappa shape index (κ1) is 19.4. The van der Waals surface area contributed by atoms with E-state index in [4.69, 9.17) is 0 Å². The molecule has 1 amide bonds. The fraction of sp³-hybridized carbons (Fsp3) is 0.136. The summed E-state index contributed by atoms with van der Waals surface area (Å²) in [7, 11) is 1.96. The van der Waals surface area contributed by atoms with Crippen molar-refractivity contribution in [2.24, 2.45) is 7.05 Å². The van der Waals surface area contributed by atoms with Gasteiger partial charge in [-0.05, 0) is 35.7 Å². The number of amides is 1. The van der Waals surface area contributed by atoms with E-state index in [1.807, 2.05) is 59.0 Å². The Kier molecular flexibility index (Phi) is 5.37. The lowest BCUT2D eigenvalue weighted by Gasteiger charge is -2.30. The van der Waals surface area contributed by atoms with Crippen molar-refractivity contribution in [2.75, 3.05) is 10.7 Å². The number of thioether (sulfide) groups is 1. The van der Waals surface area contributed by atoms with Crippen molar-refractivity contribution in [2.45, 2.75) is 21.4 Å². The molecule has 0 saturated heterocycles. The van der Waals surface area contributed by atoms with Gasteiger partial charge in [-0.1, -0.05) is 53.9 Å². The quantitative estimate of drug-likeness (QED) is 0.382. The van der Waals surface area contributed by atoms with Gasteiger partial charge in [-0.15, -0.1) is 21.5 Å². The predicted molar refractivity (Wildman–Crippen MR) is 123 cm³/mol. The largest absolute Gasteiger partial charge is 0.309 e. The van der Waals surface area contributed by atoms with Gasteiger partial charge in [-0.3, -0.25) is 9.69 Å². The highest BCUT2D eigenvalue weighted by atomic mass is 32.2. The summed E-state index contributed by atoms with van der Waals surface area (Å²) in [4.78, 5) is 18.6. The van der Waals surface area contributed by atoms with E-state index < -0.39 is 0 Å². The maximum atomic E-state index is 13.3. The first-order valence-corrected chi connectivity index (χ1v) is 12.1. The number of para-hydroxylation sites is 2. The SMILES string of the molecule is Cn1c(Cc2cccs2)nnc1SCC(=O)N1c2ccccc2Sc2ccccc21. The summed E-state index contributed by atoms with van der Waals surface area (Å²) >= 11 is 4.83. The summed E-state index contributed by atoms with van der Waals surface area (Å²) in [5.41, 5.74) is 1.87. The lowest BCUT2D eigenvalue weighted by atomic mass is 10.2. The number of hydrogen-bond acceptors (Lipinski definition) is 6. The molecule has 150 valence electrons. The molecule has 30 heavy (non-hydrogen) atoms. The van der Waals surface area contributed by atoms with Crippen molar-refractivity contribution in [3.63, 3.8) is 0 Å². The minimum atomic E-state index is 0.0306. The molecular formula is C22H18N4OS3. The number of nitrogens with zero attached hydrogens (tertiary/aromatic N) is 4. The second-order valence-electron chi connectivity index (χ2n) is 6.77. The summed E-state index contributed by atoms with van der Waals surface area (Å²) in [6, 6.07) is 20.2.